The number of halogens is 2. The average molecular weight is 423 g/mol. The molecule has 4 rings (SSSR count). The number of ether oxygens (including phenoxy) is 1. The second-order valence-electron chi connectivity index (χ2n) is 7.03. The van der Waals surface area contributed by atoms with Crippen molar-refractivity contribution in [2.45, 2.75) is 18.9 Å². The lowest BCUT2D eigenvalue weighted by Gasteiger charge is -2.20. The molecule has 0 saturated carbocycles. The van der Waals surface area contributed by atoms with Crippen LogP contribution >= 0.6 is 23.2 Å². The highest BCUT2D eigenvalue weighted by atomic mass is 35.5. The molecule has 29 heavy (non-hydrogen) atoms. The number of aliphatic imine (C=N–C) groups is 1. The Balaban J connectivity index is 1.74. The van der Waals surface area contributed by atoms with Crippen LogP contribution in [0.5, 0.6) is 5.75 Å². The number of hydrogen-bond acceptors (Lipinski definition) is 3. The summed E-state index contributed by atoms with van der Waals surface area (Å²) in [7, 11) is 2.60. The fourth-order valence-electron chi connectivity index (χ4n) is 3.70. The highest BCUT2D eigenvalue weighted by Crippen LogP contribution is 2.37. The van der Waals surface area contributed by atoms with Gasteiger partial charge < -0.3 is 10.1 Å². The smallest absolute Gasteiger partial charge is 0.159 e. The number of amidine groups is 1. The van der Waals surface area contributed by atoms with Crippen molar-refractivity contribution in [3.63, 3.8) is 0 Å². The van der Waals surface area contributed by atoms with Crippen molar-refractivity contribution in [1.82, 2.24) is 5.32 Å². The van der Waals surface area contributed by atoms with Crippen LogP contribution in [-0.4, -0.2) is 20.2 Å². The Bertz CT molecular complexity index is 1040. The summed E-state index contributed by atoms with van der Waals surface area (Å²) >= 11 is 12.2. The van der Waals surface area contributed by atoms with E-state index in [1.807, 2.05) is 60.7 Å². The predicted octanol–water partition coefficient (Wildman–Crippen LogP) is 4.94. The number of nitrogens with one attached hydrogen (secondary N) is 1. The first-order valence-corrected chi connectivity index (χ1v) is 10.4. The normalized spacial score (nSPS) is 18.1. The largest absolute Gasteiger partial charge is 0.497 e. The minimum Gasteiger partial charge on any atom is -0.497 e. The molecule has 1 N–H and O–H groups in total. The number of rotatable bonds is 5. The molecule has 0 aromatic heterocycles. The van der Waals surface area contributed by atoms with Crippen LogP contribution in [0.3, 0.4) is 0 Å². The summed E-state index contributed by atoms with van der Waals surface area (Å²) in [5, 5.41) is 5.07. The van der Waals surface area contributed by atoms with Gasteiger partial charge in [-0.05, 0) is 53.0 Å². The van der Waals surface area contributed by atoms with Crippen molar-refractivity contribution in [3.8, 4) is 5.75 Å². The van der Waals surface area contributed by atoms with Crippen LogP contribution in [0.2, 0.25) is 16.9 Å². The van der Waals surface area contributed by atoms with E-state index in [0.717, 1.165) is 51.1 Å². The van der Waals surface area contributed by atoms with E-state index in [4.69, 9.17) is 32.9 Å². The molecular weight excluding hydrogens is 402 g/mol. The van der Waals surface area contributed by atoms with Crippen LogP contribution in [-0.2, 0) is 0 Å². The molecule has 0 bridgehead atoms. The molecule has 1 heterocycles. The molecule has 0 aliphatic carbocycles. The van der Waals surface area contributed by atoms with Gasteiger partial charge in [-0.3, -0.25) is 4.99 Å². The zero-order valence-electron chi connectivity index (χ0n) is 16.3. The van der Waals surface area contributed by atoms with Gasteiger partial charge in [0.25, 0.3) is 0 Å². The van der Waals surface area contributed by atoms with Crippen molar-refractivity contribution >= 4 is 41.8 Å². The quantitative estimate of drug-likeness (QED) is 0.590. The maximum Gasteiger partial charge on any atom is 0.159 e. The third kappa shape index (κ3) is 4.14. The predicted molar refractivity (Wildman–Crippen MR) is 124 cm³/mol. The van der Waals surface area contributed by atoms with Gasteiger partial charge in [0, 0.05) is 15.6 Å². The Hall–Kier alpha value is -2.43. The monoisotopic (exact) mass is 422 g/mol. The molecular formula is C23H21BCl2N2O. The van der Waals surface area contributed by atoms with Gasteiger partial charge in [0.05, 0.1) is 13.2 Å². The van der Waals surface area contributed by atoms with Crippen molar-refractivity contribution in [3.05, 3.63) is 93.5 Å². The molecule has 0 fully saturated rings. The van der Waals surface area contributed by atoms with Crippen LogP contribution in [0.4, 0.5) is 0 Å². The van der Waals surface area contributed by atoms with E-state index in [1.165, 1.54) is 0 Å². The Kier molecular flexibility index (Phi) is 5.84. The summed E-state index contributed by atoms with van der Waals surface area (Å²) in [6, 6.07) is 22.0. The summed E-state index contributed by atoms with van der Waals surface area (Å²) in [6.07, 6.45) is 0. The molecule has 0 unspecified atom stereocenters. The van der Waals surface area contributed by atoms with Crippen molar-refractivity contribution in [2.75, 3.05) is 7.11 Å². The van der Waals surface area contributed by atoms with E-state index in [1.54, 1.807) is 7.11 Å². The van der Waals surface area contributed by atoms with E-state index in [-0.39, 0.29) is 12.1 Å². The van der Waals surface area contributed by atoms with E-state index >= 15 is 0 Å². The summed E-state index contributed by atoms with van der Waals surface area (Å²) in [4.78, 5) is 5.06. The Labute approximate surface area is 182 Å². The third-order valence-electron chi connectivity index (χ3n) is 5.25. The van der Waals surface area contributed by atoms with E-state index in [9.17, 15) is 0 Å². The molecule has 0 spiro atoms. The maximum atomic E-state index is 6.10. The second kappa shape index (κ2) is 8.52. The van der Waals surface area contributed by atoms with Gasteiger partial charge in [-0.25, -0.2) is 0 Å². The Morgan fingerprint density at radius 1 is 0.897 bits per heavy atom. The number of methoxy groups -OCH3 is 1. The zero-order valence-corrected chi connectivity index (χ0v) is 17.8. The maximum absolute atomic E-state index is 6.10. The first-order valence-electron chi connectivity index (χ1n) is 9.61. The van der Waals surface area contributed by atoms with Gasteiger partial charge in [-0.2, -0.15) is 0 Å². The van der Waals surface area contributed by atoms with Crippen molar-refractivity contribution in [1.29, 1.82) is 0 Å². The van der Waals surface area contributed by atoms with Crippen molar-refractivity contribution < 1.29 is 4.74 Å². The van der Waals surface area contributed by atoms with E-state index in [0.29, 0.717) is 0 Å². The molecule has 1 aliphatic heterocycles. The number of benzene rings is 3. The first-order chi connectivity index (χ1) is 14.1. The van der Waals surface area contributed by atoms with Gasteiger partial charge in [0.1, 0.15) is 17.6 Å². The van der Waals surface area contributed by atoms with E-state index < -0.39 is 0 Å². The third-order valence-corrected chi connectivity index (χ3v) is 5.76. The van der Waals surface area contributed by atoms with Crippen LogP contribution < -0.4 is 15.5 Å². The summed E-state index contributed by atoms with van der Waals surface area (Å²) in [6.45, 7) is 2.12. The summed E-state index contributed by atoms with van der Waals surface area (Å²) in [5.41, 5.74) is 4.46. The standard InChI is InChI=1S/C23H21BCl2N2O/c1-24-19-13-16(7-12-20(19)29-2)23-27-21(14-3-8-17(25)9-4-14)22(28-23)15-5-10-18(26)11-6-15/h3-13,21-22,24H,1-2H3,(H,27,28)/t21-,22+. The second-order valence-corrected chi connectivity index (χ2v) is 7.90. The average Bonchev–Trinajstić information content (AvgIpc) is 3.19. The first kappa shape index (κ1) is 19.9. The number of hydrogen-bond donors (Lipinski definition) is 1. The van der Waals surface area contributed by atoms with Gasteiger partial charge in [0.15, 0.2) is 7.28 Å². The molecule has 6 heteroatoms. The fraction of sp³-hybridized carbons (Fsp3) is 0.174. The molecule has 3 aromatic rings. The lowest BCUT2D eigenvalue weighted by atomic mass is 9.72. The van der Waals surface area contributed by atoms with Gasteiger partial charge >= 0.3 is 0 Å². The summed E-state index contributed by atoms with van der Waals surface area (Å²) < 4.78 is 5.47. The molecule has 1 aliphatic rings. The van der Waals surface area contributed by atoms with Gasteiger partial charge in [-0.15, -0.1) is 0 Å². The van der Waals surface area contributed by atoms with Gasteiger partial charge in [-0.1, -0.05) is 60.4 Å². The minimum absolute atomic E-state index is 0.00983. The summed E-state index contributed by atoms with van der Waals surface area (Å²) in [5.74, 6) is 1.78. The van der Waals surface area contributed by atoms with Gasteiger partial charge in [0.2, 0.25) is 0 Å². The van der Waals surface area contributed by atoms with Crippen molar-refractivity contribution in [2.24, 2.45) is 4.99 Å². The molecule has 0 amide bonds. The molecule has 0 saturated heterocycles. The molecule has 0 radical (unpaired) electrons. The molecule has 3 aromatic carbocycles. The van der Waals surface area contributed by atoms with Crippen LogP contribution in [0.1, 0.15) is 28.8 Å². The minimum atomic E-state index is -0.0596. The highest BCUT2D eigenvalue weighted by Gasteiger charge is 2.32. The molecule has 3 nitrogen and oxygen atoms in total. The van der Waals surface area contributed by atoms with Crippen LogP contribution in [0.15, 0.2) is 71.7 Å². The van der Waals surface area contributed by atoms with Crippen LogP contribution in [0, 0.1) is 0 Å². The Morgan fingerprint density at radius 2 is 1.52 bits per heavy atom. The zero-order chi connectivity index (χ0) is 20.4. The SMILES string of the molecule is CBc1cc(C2=N[C@H](c3ccc(Cl)cc3)[C@H](c3ccc(Cl)cc3)N2)ccc1OC. The number of nitrogens with zero attached hydrogens (tertiary/aromatic N) is 1. The van der Waals surface area contributed by atoms with Crippen LogP contribution in [0.25, 0.3) is 0 Å². The highest BCUT2D eigenvalue weighted by molar-refractivity contribution is 6.53. The lowest BCUT2D eigenvalue weighted by molar-refractivity contribution is 0.418. The molecule has 146 valence electrons. The molecule has 2 atom stereocenters. The van der Waals surface area contributed by atoms with E-state index in [2.05, 4.69) is 18.2 Å². The Morgan fingerprint density at radius 3 is 2.10 bits per heavy atom. The topological polar surface area (TPSA) is 33.6 Å². The fourth-order valence-corrected chi connectivity index (χ4v) is 3.95. The lowest BCUT2D eigenvalue weighted by Crippen LogP contribution is -2.26.